The normalized spacial score (nSPS) is 21.7. The summed E-state index contributed by atoms with van der Waals surface area (Å²) in [5.41, 5.74) is 7.38. The van der Waals surface area contributed by atoms with E-state index in [0.29, 0.717) is 18.9 Å². The number of nitrogens with zero attached hydrogens (tertiary/aromatic N) is 2. The summed E-state index contributed by atoms with van der Waals surface area (Å²) in [5, 5.41) is 4.07. The first kappa shape index (κ1) is 8.44. The molecule has 0 aromatic carbocycles. The van der Waals surface area contributed by atoms with Gasteiger partial charge in [-0.1, -0.05) is 0 Å². The molecular formula is C9H13N3O. The Bertz CT molecular complexity index is 343. The van der Waals surface area contributed by atoms with Crippen molar-refractivity contribution in [3.05, 3.63) is 17.5 Å². The fourth-order valence-electron chi connectivity index (χ4n) is 1.82. The van der Waals surface area contributed by atoms with Gasteiger partial charge in [0.15, 0.2) is 5.78 Å². The van der Waals surface area contributed by atoms with Crippen molar-refractivity contribution in [1.29, 1.82) is 0 Å². The monoisotopic (exact) mass is 179 g/mol. The maximum Gasteiger partial charge on any atom is 0.166 e. The lowest BCUT2D eigenvalue weighted by Gasteiger charge is -2.19. The SMILES string of the molecule is Cn1ncc2c1CC(CN)CC2=O. The van der Waals surface area contributed by atoms with E-state index >= 15 is 0 Å². The number of aryl methyl sites for hydroxylation is 1. The fraction of sp³-hybridized carbons (Fsp3) is 0.556. The van der Waals surface area contributed by atoms with Crippen LogP contribution in [0.3, 0.4) is 0 Å². The smallest absolute Gasteiger partial charge is 0.166 e. The molecule has 4 nitrogen and oxygen atoms in total. The van der Waals surface area contributed by atoms with E-state index in [1.165, 1.54) is 0 Å². The predicted molar refractivity (Wildman–Crippen MR) is 48.4 cm³/mol. The fourth-order valence-corrected chi connectivity index (χ4v) is 1.82. The number of ketones is 1. The maximum absolute atomic E-state index is 11.6. The van der Waals surface area contributed by atoms with Crippen LogP contribution in [0.5, 0.6) is 0 Å². The van der Waals surface area contributed by atoms with E-state index in [2.05, 4.69) is 5.10 Å². The van der Waals surface area contributed by atoms with Crippen LogP contribution < -0.4 is 5.73 Å². The van der Waals surface area contributed by atoms with Gasteiger partial charge in [-0.15, -0.1) is 0 Å². The first-order chi connectivity index (χ1) is 6.22. The zero-order valence-electron chi connectivity index (χ0n) is 7.66. The summed E-state index contributed by atoms with van der Waals surface area (Å²) >= 11 is 0. The minimum atomic E-state index is 0.185. The lowest BCUT2D eigenvalue weighted by molar-refractivity contribution is 0.0949. The van der Waals surface area contributed by atoms with Gasteiger partial charge in [0.05, 0.1) is 11.8 Å². The average molecular weight is 179 g/mol. The molecular weight excluding hydrogens is 166 g/mol. The Morgan fingerprint density at radius 2 is 2.46 bits per heavy atom. The van der Waals surface area contributed by atoms with Gasteiger partial charge in [-0.2, -0.15) is 5.10 Å². The Morgan fingerprint density at radius 3 is 3.15 bits per heavy atom. The summed E-state index contributed by atoms with van der Waals surface area (Å²) in [6.45, 7) is 0.580. The number of nitrogens with two attached hydrogens (primary N) is 1. The van der Waals surface area contributed by atoms with Crippen molar-refractivity contribution < 1.29 is 4.79 Å². The number of hydrogen-bond acceptors (Lipinski definition) is 3. The number of fused-ring (bicyclic) bond motifs is 1. The second-order valence-corrected chi connectivity index (χ2v) is 3.56. The number of hydrogen-bond donors (Lipinski definition) is 1. The topological polar surface area (TPSA) is 60.9 Å². The highest BCUT2D eigenvalue weighted by molar-refractivity contribution is 5.98. The number of rotatable bonds is 1. The van der Waals surface area contributed by atoms with E-state index in [-0.39, 0.29) is 5.78 Å². The molecule has 0 bridgehead atoms. The van der Waals surface area contributed by atoms with Crippen LogP contribution in [-0.4, -0.2) is 22.1 Å². The molecule has 1 aliphatic rings. The van der Waals surface area contributed by atoms with Gasteiger partial charge in [0.2, 0.25) is 0 Å². The van der Waals surface area contributed by atoms with E-state index in [4.69, 9.17) is 5.73 Å². The summed E-state index contributed by atoms with van der Waals surface area (Å²) in [5.74, 6) is 0.486. The molecule has 1 aliphatic carbocycles. The second kappa shape index (κ2) is 2.96. The third-order valence-electron chi connectivity index (χ3n) is 2.65. The third kappa shape index (κ3) is 1.27. The van der Waals surface area contributed by atoms with Gasteiger partial charge in [-0.3, -0.25) is 9.48 Å². The summed E-state index contributed by atoms with van der Waals surface area (Å²) in [4.78, 5) is 11.6. The largest absolute Gasteiger partial charge is 0.330 e. The Kier molecular flexibility index (Phi) is 1.92. The minimum Gasteiger partial charge on any atom is -0.330 e. The molecule has 70 valence electrons. The van der Waals surface area contributed by atoms with Crippen LogP contribution in [-0.2, 0) is 13.5 Å². The van der Waals surface area contributed by atoms with Gasteiger partial charge in [0.25, 0.3) is 0 Å². The van der Waals surface area contributed by atoms with Gasteiger partial charge >= 0.3 is 0 Å². The molecule has 0 radical (unpaired) electrons. The quantitative estimate of drug-likeness (QED) is 0.666. The molecule has 1 aromatic heterocycles. The van der Waals surface area contributed by atoms with Crippen LogP contribution in [0.1, 0.15) is 22.5 Å². The molecule has 0 spiro atoms. The van der Waals surface area contributed by atoms with Crippen LogP contribution >= 0.6 is 0 Å². The first-order valence-corrected chi connectivity index (χ1v) is 4.46. The van der Waals surface area contributed by atoms with Crippen molar-refractivity contribution in [2.75, 3.05) is 6.54 Å². The Hall–Kier alpha value is -1.16. The van der Waals surface area contributed by atoms with Crippen molar-refractivity contribution in [3.63, 3.8) is 0 Å². The Balaban J connectivity index is 2.39. The standard InChI is InChI=1S/C9H13N3O/c1-12-8-2-6(4-10)3-9(13)7(8)5-11-12/h5-6H,2-4,10H2,1H3. The van der Waals surface area contributed by atoms with Crippen LogP contribution in [0.2, 0.25) is 0 Å². The van der Waals surface area contributed by atoms with Crippen LogP contribution in [0.15, 0.2) is 6.20 Å². The molecule has 1 aromatic rings. The van der Waals surface area contributed by atoms with Crippen LogP contribution in [0.4, 0.5) is 0 Å². The third-order valence-corrected chi connectivity index (χ3v) is 2.65. The molecule has 0 aliphatic heterocycles. The predicted octanol–water partition coefficient (Wildman–Crippen LogP) is 0.124. The highest BCUT2D eigenvalue weighted by Crippen LogP contribution is 2.23. The molecule has 0 saturated carbocycles. The molecule has 4 heteroatoms. The van der Waals surface area contributed by atoms with Crippen LogP contribution in [0, 0.1) is 5.92 Å². The summed E-state index contributed by atoms with van der Waals surface area (Å²) in [7, 11) is 1.87. The summed E-state index contributed by atoms with van der Waals surface area (Å²) in [6, 6.07) is 0. The summed E-state index contributed by atoms with van der Waals surface area (Å²) < 4.78 is 1.77. The Morgan fingerprint density at radius 1 is 1.69 bits per heavy atom. The molecule has 1 atom stereocenters. The van der Waals surface area contributed by atoms with Crippen molar-refractivity contribution >= 4 is 5.78 Å². The average Bonchev–Trinajstić information content (AvgIpc) is 2.48. The van der Waals surface area contributed by atoms with E-state index < -0.39 is 0 Å². The molecule has 2 N–H and O–H groups in total. The minimum absolute atomic E-state index is 0.185. The van der Waals surface area contributed by atoms with Gasteiger partial charge in [0, 0.05) is 19.2 Å². The van der Waals surface area contributed by atoms with Gasteiger partial charge in [-0.05, 0) is 18.9 Å². The molecule has 0 fully saturated rings. The number of Topliss-reactive ketones (excluding diaryl/α,β-unsaturated/α-hetero) is 1. The molecule has 13 heavy (non-hydrogen) atoms. The van der Waals surface area contributed by atoms with Crippen LogP contribution in [0.25, 0.3) is 0 Å². The zero-order valence-corrected chi connectivity index (χ0v) is 7.66. The van der Waals surface area contributed by atoms with Crippen molar-refractivity contribution in [2.24, 2.45) is 18.7 Å². The highest BCUT2D eigenvalue weighted by Gasteiger charge is 2.26. The molecule has 2 rings (SSSR count). The number of carbonyl (C=O) groups excluding carboxylic acids is 1. The lowest BCUT2D eigenvalue weighted by Crippen LogP contribution is -2.26. The van der Waals surface area contributed by atoms with E-state index in [9.17, 15) is 4.79 Å². The van der Waals surface area contributed by atoms with Crippen molar-refractivity contribution in [2.45, 2.75) is 12.8 Å². The van der Waals surface area contributed by atoms with E-state index in [1.807, 2.05) is 7.05 Å². The zero-order chi connectivity index (χ0) is 9.42. The van der Waals surface area contributed by atoms with Gasteiger partial charge in [-0.25, -0.2) is 0 Å². The lowest BCUT2D eigenvalue weighted by atomic mass is 9.87. The Labute approximate surface area is 76.7 Å². The second-order valence-electron chi connectivity index (χ2n) is 3.56. The molecule has 0 amide bonds. The molecule has 1 heterocycles. The van der Waals surface area contributed by atoms with Gasteiger partial charge in [0.1, 0.15) is 0 Å². The van der Waals surface area contributed by atoms with Gasteiger partial charge < -0.3 is 5.73 Å². The maximum atomic E-state index is 11.6. The van der Waals surface area contributed by atoms with Crippen molar-refractivity contribution in [1.82, 2.24) is 9.78 Å². The van der Waals surface area contributed by atoms with E-state index in [1.54, 1.807) is 10.9 Å². The van der Waals surface area contributed by atoms with Crippen molar-refractivity contribution in [3.8, 4) is 0 Å². The molecule has 0 saturated heterocycles. The number of carbonyl (C=O) groups is 1. The highest BCUT2D eigenvalue weighted by atomic mass is 16.1. The number of aromatic nitrogens is 2. The summed E-state index contributed by atoms with van der Waals surface area (Å²) in [6.07, 6.45) is 3.12. The van der Waals surface area contributed by atoms with E-state index in [0.717, 1.165) is 17.7 Å². The molecule has 1 unspecified atom stereocenters. The first-order valence-electron chi connectivity index (χ1n) is 4.46.